The van der Waals surface area contributed by atoms with Gasteiger partial charge in [0.15, 0.2) is 5.78 Å². The lowest BCUT2D eigenvalue weighted by Gasteiger charge is -2.38. The molecule has 0 spiro atoms. The third kappa shape index (κ3) is 4.86. The van der Waals surface area contributed by atoms with Gasteiger partial charge in [0, 0.05) is 30.0 Å². The van der Waals surface area contributed by atoms with Gasteiger partial charge in [0.2, 0.25) is 0 Å². The summed E-state index contributed by atoms with van der Waals surface area (Å²) in [6.07, 6.45) is -4.22. The Morgan fingerprint density at radius 3 is 2.32 bits per heavy atom. The number of rotatable bonds is 6. The first kappa shape index (κ1) is 25.5. The third-order valence-corrected chi connectivity index (χ3v) is 6.05. The van der Waals surface area contributed by atoms with Gasteiger partial charge >= 0.3 is 18.1 Å². The smallest absolute Gasteiger partial charge is 0.416 e. The van der Waals surface area contributed by atoms with Crippen molar-refractivity contribution in [2.75, 3.05) is 27.4 Å². The molecule has 0 bridgehead atoms. The first-order chi connectivity index (χ1) is 16.0. The van der Waals surface area contributed by atoms with Crippen molar-refractivity contribution in [3.63, 3.8) is 0 Å². The van der Waals surface area contributed by atoms with E-state index in [1.165, 1.54) is 26.4 Å². The number of dihydropyridines is 1. The zero-order chi connectivity index (χ0) is 25.2. The molecule has 0 radical (unpaired) electrons. The Labute approximate surface area is 194 Å². The van der Waals surface area contributed by atoms with E-state index < -0.39 is 41.3 Å². The largest absolute Gasteiger partial charge is 0.468 e. The highest BCUT2D eigenvalue weighted by Crippen LogP contribution is 2.45. The molecular formula is C24H26F3NO6. The molecule has 10 heteroatoms. The maximum atomic E-state index is 13.5. The lowest BCUT2D eigenvalue weighted by molar-refractivity contribution is -0.151. The summed E-state index contributed by atoms with van der Waals surface area (Å²) in [4.78, 5) is 39.0. The fourth-order valence-corrected chi connectivity index (χ4v) is 4.44. The first-order valence-electron chi connectivity index (χ1n) is 10.7. The summed E-state index contributed by atoms with van der Waals surface area (Å²) in [5.41, 5.74) is 0.613. The molecule has 0 saturated carbocycles. The van der Waals surface area contributed by atoms with Crippen molar-refractivity contribution in [2.45, 2.75) is 32.4 Å². The molecule has 0 aromatic heterocycles. The van der Waals surface area contributed by atoms with Gasteiger partial charge in [-0.1, -0.05) is 19.1 Å². The van der Waals surface area contributed by atoms with Gasteiger partial charge in [-0.3, -0.25) is 9.59 Å². The number of alkyl halides is 3. The Morgan fingerprint density at radius 2 is 1.76 bits per heavy atom. The molecule has 3 rings (SSSR count). The molecular weight excluding hydrogens is 455 g/mol. The van der Waals surface area contributed by atoms with E-state index in [1.54, 1.807) is 13.8 Å². The van der Waals surface area contributed by atoms with Crippen LogP contribution >= 0.6 is 0 Å². The number of allylic oxidation sites excluding steroid dienone is 3. The number of ketones is 1. The number of carbonyl (C=O) groups excluding carboxylic acids is 3. The second-order valence-electron chi connectivity index (χ2n) is 8.28. The highest BCUT2D eigenvalue weighted by Gasteiger charge is 2.47. The predicted octanol–water partition coefficient (Wildman–Crippen LogP) is 3.51. The van der Waals surface area contributed by atoms with E-state index in [-0.39, 0.29) is 30.3 Å². The molecule has 2 aliphatic rings. The SMILES string of the molecule is COCCOC(=O)C1=C(C)NC2=C(C(=O)[C@H](C(=O)OC)[C@H](C)C2)[C@@H]1c1ccc(C(F)(F)F)cc1. The molecule has 0 amide bonds. The molecule has 1 aromatic carbocycles. The van der Waals surface area contributed by atoms with Gasteiger partial charge in [0.05, 0.1) is 24.9 Å². The van der Waals surface area contributed by atoms with Crippen LogP contribution in [0.15, 0.2) is 46.8 Å². The number of hydrogen-bond acceptors (Lipinski definition) is 7. The van der Waals surface area contributed by atoms with Crippen molar-refractivity contribution in [3.8, 4) is 0 Å². The van der Waals surface area contributed by atoms with Crippen molar-refractivity contribution in [1.82, 2.24) is 5.32 Å². The van der Waals surface area contributed by atoms with E-state index in [9.17, 15) is 27.6 Å². The predicted molar refractivity (Wildman–Crippen MR) is 114 cm³/mol. The van der Waals surface area contributed by atoms with E-state index in [0.717, 1.165) is 12.1 Å². The Morgan fingerprint density at radius 1 is 1.12 bits per heavy atom. The second kappa shape index (κ2) is 10.0. The lowest BCUT2D eigenvalue weighted by Crippen LogP contribution is -2.43. The summed E-state index contributed by atoms with van der Waals surface area (Å²) in [6.45, 7) is 3.47. The number of esters is 2. The topological polar surface area (TPSA) is 90.9 Å². The maximum absolute atomic E-state index is 13.5. The number of carbonyl (C=O) groups is 3. The minimum absolute atomic E-state index is 0.0481. The minimum atomic E-state index is -4.54. The second-order valence-corrected chi connectivity index (χ2v) is 8.28. The molecule has 0 saturated heterocycles. The molecule has 1 aliphatic carbocycles. The number of ether oxygens (including phenoxy) is 3. The number of hydrogen-bond donors (Lipinski definition) is 1. The normalized spacial score (nSPS) is 22.8. The van der Waals surface area contributed by atoms with Crippen LogP contribution in [0.25, 0.3) is 0 Å². The van der Waals surface area contributed by atoms with Crippen LogP contribution in [-0.4, -0.2) is 45.2 Å². The molecule has 0 fully saturated rings. The zero-order valence-electron chi connectivity index (χ0n) is 19.2. The molecule has 3 atom stereocenters. The van der Waals surface area contributed by atoms with Crippen molar-refractivity contribution in [1.29, 1.82) is 0 Å². The van der Waals surface area contributed by atoms with Crippen molar-refractivity contribution in [2.24, 2.45) is 11.8 Å². The van der Waals surface area contributed by atoms with Crippen LogP contribution in [0.3, 0.4) is 0 Å². The summed E-state index contributed by atoms with van der Waals surface area (Å²) >= 11 is 0. The van der Waals surface area contributed by atoms with Crippen LogP contribution in [0.2, 0.25) is 0 Å². The van der Waals surface area contributed by atoms with Crippen LogP contribution in [-0.2, 0) is 34.8 Å². The number of nitrogens with one attached hydrogen (secondary N) is 1. The first-order valence-corrected chi connectivity index (χ1v) is 10.7. The van der Waals surface area contributed by atoms with Gasteiger partial charge in [-0.2, -0.15) is 13.2 Å². The lowest BCUT2D eigenvalue weighted by atomic mass is 9.69. The Bertz CT molecular complexity index is 1040. The summed E-state index contributed by atoms with van der Waals surface area (Å²) < 4.78 is 54.4. The van der Waals surface area contributed by atoms with E-state index in [2.05, 4.69) is 5.32 Å². The summed E-state index contributed by atoms with van der Waals surface area (Å²) in [6, 6.07) is 4.26. The number of Topliss-reactive ketones (excluding diaryl/α,β-unsaturated/α-hetero) is 1. The van der Waals surface area contributed by atoms with Crippen LogP contribution in [0.4, 0.5) is 13.2 Å². The Kier molecular flexibility index (Phi) is 7.50. The molecule has 34 heavy (non-hydrogen) atoms. The molecule has 0 unspecified atom stereocenters. The quantitative estimate of drug-likeness (QED) is 0.378. The van der Waals surface area contributed by atoms with Gasteiger partial charge in [-0.05, 0) is 37.0 Å². The Balaban J connectivity index is 2.13. The highest BCUT2D eigenvalue weighted by atomic mass is 19.4. The van der Waals surface area contributed by atoms with Crippen LogP contribution in [0.1, 0.15) is 37.3 Å². The zero-order valence-corrected chi connectivity index (χ0v) is 19.2. The van der Waals surface area contributed by atoms with Crippen molar-refractivity contribution >= 4 is 17.7 Å². The third-order valence-electron chi connectivity index (χ3n) is 6.05. The fourth-order valence-electron chi connectivity index (χ4n) is 4.44. The van der Waals surface area contributed by atoms with E-state index in [0.29, 0.717) is 23.4 Å². The molecule has 1 N–H and O–H groups in total. The number of halogens is 3. The Hall–Kier alpha value is -3.14. The van der Waals surface area contributed by atoms with Gasteiger partial charge in [0.1, 0.15) is 12.5 Å². The van der Waals surface area contributed by atoms with Crippen molar-refractivity contribution in [3.05, 3.63) is 57.9 Å². The number of benzene rings is 1. The number of methoxy groups -OCH3 is 2. The molecule has 1 aromatic rings. The minimum Gasteiger partial charge on any atom is -0.468 e. The molecule has 184 valence electrons. The molecule has 7 nitrogen and oxygen atoms in total. The monoisotopic (exact) mass is 481 g/mol. The van der Waals surface area contributed by atoms with E-state index >= 15 is 0 Å². The summed E-state index contributed by atoms with van der Waals surface area (Å²) in [5, 5.41) is 3.09. The summed E-state index contributed by atoms with van der Waals surface area (Å²) in [7, 11) is 2.62. The van der Waals surface area contributed by atoms with Crippen molar-refractivity contribution < 1.29 is 41.8 Å². The summed E-state index contributed by atoms with van der Waals surface area (Å²) in [5.74, 6) is -4.45. The van der Waals surface area contributed by atoms with Gasteiger partial charge in [-0.25, -0.2) is 4.79 Å². The van der Waals surface area contributed by atoms with Gasteiger partial charge < -0.3 is 19.5 Å². The standard InChI is InChI=1S/C24H26F3NO6/c1-12-11-16-20(21(29)17(12)22(30)33-4)19(14-5-7-15(8-6-14)24(25,26)27)18(13(2)28-16)23(31)34-10-9-32-3/h5-8,12,17,19,28H,9-11H2,1-4H3/t12-,17-,19-/m1/s1. The van der Waals surface area contributed by atoms with E-state index in [4.69, 9.17) is 14.2 Å². The van der Waals surface area contributed by atoms with Gasteiger partial charge in [-0.15, -0.1) is 0 Å². The fraction of sp³-hybridized carbons (Fsp3) is 0.458. The molecule has 1 aliphatic heterocycles. The maximum Gasteiger partial charge on any atom is 0.416 e. The average molecular weight is 481 g/mol. The highest BCUT2D eigenvalue weighted by molar-refractivity contribution is 6.12. The van der Waals surface area contributed by atoms with Crippen LogP contribution in [0, 0.1) is 11.8 Å². The van der Waals surface area contributed by atoms with Crippen LogP contribution in [0.5, 0.6) is 0 Å². The van der Waals surface area contributed by atoms with Gasteiger partial charge in [0.25, 0.3) is 0 Å². The van der Waals surface area contributed by atoms with Crippen LogP contribution < -0.4 is 5.32 Å². The van der Waals surface area contributed by atoms with E-state index in [1.807, 2.05) is 0 Å². The average Bonchev–Trinajstić information content (AvgIpc) is 2.77. The molecule has 1 heterocycles.